The van der Waals surface area contributed by atoms with E-state index in [0.29, 0.717) is 0 Å². The molecule has 3 heteroatoms. The van der Waals surface area contributed by atoms with Crippen LogP contribution < -0.4 is 11.1 Å². The lowest BCUT2D eigenvalue weighted by molar-refractivity contribution is 0.260. The molecule has 0 amide bonds. The van der Waals surface area contributed by atoms with E-state index in [1.165, 1.54) is 45.3 Å². The van der Waals surface area contributed by atoms with Crippen molar-refractivity contribution >= 4 is 0 Å². The fourth-order valence-electron chi connectivity index (χ4n) is 2.76. The highest BCUT2D eigenvalue weighted by atomic mass is 15.1. The van der Waals surface area contributed by atoms with Gasteiger partial charge < -0.3 is 16.0 Å². The Labute approximate surface area is 112 Å². The summed E-state index contributed by atoms with van der Waals surface area (Å²) in [5, 5.41) is 3.67. The molecule has 3 N–H and O–H groups in total. The van der Waals surface area contributed by atoms with Crippen LogP contribution in [0.15, 0.2) is 0 Å². The lowest BCUT2D eigenvalue weighted by Gasteiger charge is -2.32. The first-order valence-electron chi connectivity index (χ1n) is 7.33. The second-order valence-electron chi connectivity index (χ2n) is 5.28. The van der Waals surface area contributed by atoms with Gasteiger partial charge in [0.2, 0.25) is 0 Å². The van der Waals surface area contributed by atoms with Gasteiger partial charge in [0.25, 0.3) is 0 Å². The molecule has 0 aromatic carbocycles. The monoisotopic (exact) mass is 251 g/mol. The topological polar surface area (TPSA) is 41.3 Å². The molecule has 3 nitrogen and oxygen atoms in total. The molecule has 1 rings (SSSR count). The largest absolute Gasteiger partial charge is 0.329 e. The van der Waals surface area contributed by atoms with Gasteiger partial charge in [0, 0.05) is 25.0 Å². The van der Waals surface area contributed by atoms with Crippen LogP contribution in [-0.2, 0) is 0 Å². The lowest BCUT2D eigenvalue weighted by atomic mass is 9.90. The third-order valence-electron chi connectivity index (χ3n) is 3.89. The van der Waals surface area contributed by atoms with Crippen LogP contribution in [0.3, 0.4) is 0 Å². The van der Waals surface area contributed by atoms with Crippen LogP contribution in [0.4, 0.5) is 0 Å². The second-order valence-corrected chi connectivity index (χ2v) is 5.28. The first-order chi connectivity index (χ1) is 8.76. The van der Waals surface area contributed by atoms with Crippen LogP contribution in [0.25, 0.3) is 0 Å². The van der Waals surface area contributed by atoms with Crippen LogP contribution in [-0.4, -0.2) is 43.2 Å². The first-order valence-corrected chi connectivity index (χ1v) is 7.33. The highest BCUT2D eigenvalue weighted by Crippen LogP contribution is 2.21. The van der Waals surface area contributed by atoms with E-state index >= 15 is 0 Å². The quantitative estimate of drug-likeness (QED) is 0.556. The second kappa shape index (κ2) is 8.53. The van der Waals surface area contributed by atoms with E-state index < -0.39 is 0 Å². The van der Waals surface area contributed by atoms with Crippen LogP contribution in [0.5, 0.6) is 0 Å². The van der Waals surface area contributed by atoms with Crippen LogP contribution in [0, 0.1) is 11.8 Å². The molecule has 1 fully saturated rings. The number of likely N-dealkylation sites (tertiary alicyclic amines) is 1. The van der Waals surface area contributed by atoms with Gasteiger partial charge in [-0.2, -0.15) is 0 Å². The van der Waals surface area contributed by atoms with E-state index in [4.69, 9.17) is 5.73 Å². The Morgan fingerprint density at radius 1 is 1.33 bits per heavy atom. The molecule has 0 spiro atoms. The van der Waals surface area contributed by atoms with Crippen LogP contribution >= 0.6 is 0 Å². The minimum atomic E-state index is 0.151. The molecule has 1 heterocycles. The van der Waals surface area contributed by atoms with Gasteiger partial charge in [0.15, 0.2) is 0 Å². The molecule has 1 atom stereocenters. The summed E-state index contributed by atoms with van der Waals surface area (Å²) in [4.78, 5) is 2.57. The molecule has 1 aliphatic rings. The van der Waals surface area contributed by atoms with Crippen molar-refractivity contribution in [1.29, 1.82) is 0 Å². The maximum Gasteiger partial charge on any atom is 0.0317 e. The molecule has 0 bridgehead atoms. The summed E-state index contributed by atoms with van der Waals surface area (Å²) in [5.74, 6) is 6.05. The maximum absolute atomic E-state index is 6.02. The molecule has 1 aliphatic heterocycles. The van der Waals surface area contributed by atoms with Crippen molar-refractivity contribution in [3.8, 4) is 11.8 Å². The summed E-state index contributed by atoms with van der Waals surface area (Å²) in [7, 11) is 0. The average molecular weight is 251 g/mol. The molecular weight excluding hydrogens is 222 g/mol. The zero-order valence-corrected chi connectivity index (χ0v) is 12.1. The number of nitrogens with one attached hydrogen (secondary N) is 1. The molecule has 0 aromatic heterocycles. The van der Waals surface area contributed by atoms with Gasteiger partial charge in [0.1, 0.15) is 0 Å². The van der Waals surface area contributed by atoms with Gasteiger partial charge in [-0.05, 0) is 52.2 Å². The third kappa shape index (κ3) is 4.97. The van der Waals surface area contributed by atoms with E-state index in [2.05, 4.69) is 29.0 Å². The summed E-state index contributed by atoms with van der Waals surface area (Å²) in [6.07, 6.45) is 5.79. The highest BCUT2D eigenvalue weighted by molar-refractivity contribution is 4.98. The smallest absolute Gasteiger partial charge is 0.0317 e. The van der Waals surface area contributed by atoms with Gasteiger partial charge in [-0.1, -0.05) is 6.92 Å². The third-order valence-corrected chi connectivity index (χ3v) is 3.89. The van der Waals surface area contributed by atoms with Crippen molar-refractivity contribution in [2.24, 2.45) is 5.73 Å². The van der Waals surface area contributed by atoms with E-state index in [-0.39, 0.29) is 5.54 Å². The minimum Gasteiger partial charge on any atom is -0.329 e. The summed E-state index contributed by atoms with van der Waals surface area (Å²) >= 11 is 0. The fraction of sp³-hybridized carbons (Fsp3) is 0.867. The summed E-state index contributed by atoms with van der Waals surface area (Å²) in [6.45, 7) is 9.49. The van der Waals surface area contributed by atoms with Gasteiger partial charge in [-0.3, -0.25) is 0 Å². The molecule has 104 valence electrons. The van der Waals surface area contributed by atoms with Crippen molar-refractivity contribution in [2.45, 2.75) is 51.5 Å². The van der Waals surface area contributed by atoms with Gasteiger partial charge in [-0.15, -0.1) is 11.8 Å². The number of hydrogen-bond acceptors (Lipinski definition) is 3. The molecule has 1 saturated heterocycles. The summed E-state index contributed by atoms with van der Waals surface area (Å²) < 4.78 is 0. The number of nitrogens with zero attached hydrogens (tertiary/aromatic N) is 1. The summed E-state index contributed by atoms with van der Waals surface area (Å²) in [6, 6.07) is 0. The Bertz CT molecular complexity index is 279. The van der Waals surface area contributed by atoms with Crippen molar-refractivity contribution in [3.05, 3.63) is 0 Å². The lowest BCUT2D eigenvalue weighted by Crippen LogP contribution is -2.52. The Hall–Kier alpha value is -0.560. The van der Waals surface area contributed by atoms with Crippen molar-refractivity contribution in [2.75, 3.05) is 32.7 Å². The molecule has 0 radical (unpaired) electrons. The predicted molar refractivity (Wildman–Crippen MR) is 78.4 cm³/mol. The van der Waals surface area contributed by atoms with Crippen molar-refractivity contribution in [3.63, 3.8) is 0 Å². The zero-order valence-electron chi connectivity index (χ0n) is 12.1. The van der Waals surface area contributed by atoms with E-state index in [1.807, 2.05) is 6.92 Å². The highest BCUT2D eigenvalue weighted by Gasteiger charge is 2.30. The van der Waals surface area contributed by atoms with E-state index in [0.717, 1.165) is 19.5 Å². The Kier molecular flexibility index (Phi) is 7.34. The van der Waals surface area contributed by atoms with Gasteiger partial charge >= 0.3 is 0 Å². The Morgan fingerprint density at radius 3 is 2.83 bits per heavy atom. The van der Waals surface area contributed by atoms with Crippen LogP contribution in [0.2, 0.25) is 0 Å². The summed E-state index contributed by atoms with van der Waals surface area (Å²) in [5.41, 5.74) is 6.18. The SMILES string of the molecule is CC#CCCNC1(CN)CCCN(CCC)CC1. The molecule has 18 heavy (non-hydrogen) atoms. The first kappa shape index (κ1) is 15.5. The number of nitrogens with two attached hydrogens (primary N) is 1. The standard InChI is InChI=1S/C15H29N3/c1-3-5-6-10-17-15(14-16)8-7-12-18(11-4-2)13-9-15/h17H,4,6-14,16H2,1-2H3. The fourth-order valence-corrected chi connectivity index (χ4v) is 2.76. The van der Waals surface area contributed by atoms with E-state index in [9.17, 15) is 0 Å². The van der Waals surface area contributed by atoms with Crippen molar-refractivity contribution in [1.82, 2.24) is 10.2 Å². The normalized spacial score (nSPS) is 25.3. The van der Waals surface area contributed by atoms with Gasteiger partial charge in [-0.25, -0.2) is 0 Å². The molecule has 0 saturated carbocycles. The number of hydrogen-bond donors (Lipinski definition) is 2. The molecule has 0 aliphatic carbocycles. The van der Waals surface area contributed by atoms with Gasteiger partial charge in [0.05, 0.1) is 0 Å². The van der Waals surface area contributed by atoms with Crippen LogP contribution in [0.1, 0.15) is 46.0 Å². The molecule has 0 aromatic rings. The Morgan fingerprint density at radius 2 is 2.17 bits per heavy atom. The minimum absolute atomic E-state index is 0.151. The Balaban J connectivity index is 2.44. The van der Waals surface area contributed by atoms with Crippen molar-refractivity contribution < 1.29 is 0 Å². The molecular formula is C15H29N3. The predicted octanol–water partition coefficient (Wildman–Crippen LogP) is 1.58. The zero-order chi connectivity index (χ0) is 13.3. The maximum atomic E-state index is 6.02. The average Bonchev–Trinajstić information content (AvgIpc) is 2.59. The number of rotatable bonds is 6. The molecule has 1 unspecified atom stereocenters. The van der Waals surface area contributed by atoms with E-state index in [1.54, 1.807) is 0 Å².